The smallest absolute Gasteiger partial charge is 0.324 e. The number of allylic oxidation sites excluding steroid dienone is 3. The number of carbonyl (C=O) groups excluding carboxylic acids is 2. The van der Waals surface area contributed by atoms with Crippen molar-refractivity contribution in [1.82, 2.24) is 0 Å². The predicted octanol–water partition coefficient (Wildman–Crippen LogP) is 7.23. The number of carbonyl (C=O) groups is 2. The van der Waals surface area contributed by atoms with Gasteiger partial charge in [-0.15, -0.1) is 0 Å². The van der Waals surface area contributed by atoms with E-state index in [1.54, 1.807) is 0 Å². The van der Waals surface area contributed by atoms with Crippen LogP contribution in [0.2, 0.25) is 0 Å². The van der Waals surface area contributed by atoms with Gasteiger partial charge in [-0.3, -0.25) is 9.59 Å². The van der Waals surface area contributed by atoms with Gasteiger partial charge in [-0.05, 0) is 60.4 Å². The molecule has 1 fully saturated rings. The largest absolute Gasteiger partial charge is 0.460 e. The highest BCUT2D eigenvalue weighted by Crippen LogP contribution is 2.49. The monoisotopic (exact) mass is 494 g/mol. The molecule has 0 aromatic heterocycles. The van der Waals surface area contributed by atoms with Gasteiger partial charge in [0, 0.05) is 0 Å². The molecule has 1 saturated carbocycles. The number of hydrogen-bond donors (Lipinski definition) is 0. The zero-order valence-corrected chi connectivity index (χ0v) is 21.8. The second kappa shape index (κ2) is 11.4. The summed E-state index contributed by atoms with van der Waals surface area (Å²) < 4.78 is 11.5. The first-order valence-corrected chi connectivity index (χ1v) is 12.7. The number of ether oxygens (including phenoxy) is 2. The van der Waals surface area contributed by atoms with E-state index < -0.39 is 17.4 Å². The molecule has 0 saturated heterocycles. The molecule has 3 aromatic rings. The lowest BCUT2D eigenvalue weighted by molar-refractivity contribution is -0.174. The van der Waals surface area contributed by atoms with Crippen LogP contribution >= 0.6 is 0 Å². The molecule has 0 heterocycles. The summed E-state index contributed by atoms with van der Waals surface area (Å²) in [7, 11) is 0. The normalized spacial score (nSPS) is 17.6. The molecule has 4 heteroatoms. The van der Waals surface area contributed by atoms with E-state index in [1.807, 2.05) is 74.5 Å². The molecule has 0 N–H and O–H groups in total. The number of rotatable bonds is 8. The SMILES string of the molecule is C=C(/C(C)=C1\CC(C(=O)OCc2ccccc2)(C(=O)OCc2ccccc2)CC1C)c1ccc(C)cc1. The van der Waals surface area contributed by atoms with Crippen LogP contribution in [0.15, 0.2) is 103 Å². The van der Waals surface area contributed by atoms with E-state index in [0.717, 1.165) is 33.4 Å². The topological polar surface area (TPSA) is 52.6 Å². The van der Waals surface area contributed by atoms with E-state index in [-0.39, 0.29) is 25.6 Å². The number of hydrogen-bond acceptors (Lipinski definition) is 4. The Morgan fingerprint density at radius 2 is 1.32 bits per heavy atom. The molecule has 1 aliphatic rings. The lowest BCUT2D eigenvalue weighted by atomic mass is 9.84. The van der Waals surface area contributed by atoms with E-state index >= 15 is 0 Å². The summed E-state index contributed by atoms with van der Waals surface area (Å²) in [6.45, 7) is 10.7. The van der Waals surface area contributed by atoms with Gasteiger partial charge in [-0.1, -0.05) is 110 Å². The van der Waals surface area contributed by atoms with Crippen LogP contribution in [-0.2, 0) is 32.3 Å². The summed E-state index contributed by atoms with van der Waals surface area (Å²) in [5, 5.41) is 0. The summed E-state index contributed by atoms with van der Waals surface area (Å²) in [6, 6.07) is 27.2. The van der Waals surface area contributed by atoms with Crippen LogP contribution in [0.1, 0.15) is 48.9 Å². The summed E-state index contributed by atoms with van der Waals surface area (Å²) in [5.41, 5.74) is 5.49. The number of benzene rings is 3. The Balaban J connectivity index is 1.61. The maximum atomic E-state index is 13.6. The van der Waals surface area contributed by atoms with Crippen molar-refractivity contribution in [3.05, 3.63) is 125 Å². The van der Waals surface area contributed by atoms with E-state index in [2.05, 4.69) is 37.8 Å². The Labute approximate surface area is 219 Å². The summed E-state index contributed by atoms with van der Waals surface area (Å²) in [5.74, 6) is -1.08. The van der Waals surface area contributed by atoms with Gasteiger partial charge in [0.15, 0.2) is 5.41 Å². The van der Waals surface area contributed by atoms with E-state index in [9.17, 15) is 9.59 Å². The van der Waals surface area contributed by atoms with Crippen LogP contribution in [0.3, 0.4) is 0 Å². The minimum Gasteiger partial charge on any atom is -0.460 e. The van der Waals surface area contributed by atoms with Crippen molar-refractivity contribution in [2.75, 3.05) is 0 Å². The molecule has 3 aromatic carbocycles. The van der Waals surface area contributed by atoms with Crippen LogP contribution in [0.4, 0.5) is 0 Å². The van der Waals surface area contributed by atoms with Gasteiger partial charge < -0.3 is 9.47 Å². The fraction of sp³-hybridized carbons (Fsp3) is 0.273. The Bertz CT molecular complexity index is 1230. The van der Waals surface area contributed by atoms with Crippen LogP contribution in [-0.4, -0.2) is 11.9 Å². The fourth-order valence-corrected chi connectivity index (χ4v) is 5.00. The fourth-order valence-electron chi connectivity index (χ4n) is 5.00. The lowest BCUT2D eigenvalue weighted by Gasteiger charge is -2.25. The molecule has 0 radical (unpaired) electrons. The van der Waals surface area contributed by atoms with E-state index in [0.29, 0.717) is 6.42 Å². The molecule has 37 heavy (non-hydrogen) atoms. The molecule has 0 bridgehead atoms. The predicted molar refractivity (Wildman–Crippen MR) is 146 cm³/mol. The number of esters is 2. The quantitative estimate of drug-likeness (QED) is 0.245. The summed E-state index contributed by atoms with van der Waals surface area (Å²) in [4.78, 5) is 27.2. The minimum atomic E-state index is -1.40. The third-order valence-electron chi connectivity index (χ3n) is 7.28. The average molecular weight is 495 g/mol. The molecular weight excluding hydrogens is 460 g/mol. The van der Waals surface area contributed by atoms with Crippen LogP contribution in [0, 0.1) is 18.3 Å². The number of aryl methyl sites for hydroxylation is 1. The maximum Gasteiger partial charge on any atom is 0.324 e. The second-order valence-corrected chi connectivity index (χ2v) is 9.98. The van der Waals surface area contributed by atoms with E-state index in [1.165, 1.54) is 5.56 Å². The zero-order valence-electron chi connectivity index (χ0n) is 21.8. The highest BCUT2D eigenvalue weighted by Gasteiger charge is 2.55. The van der Waals surface area contributed by atoms with Gasteiger partial charge >= 0.3 is 11.9 Å². The zero-order chi connectivity index (χ0) is 26.4. The molecule has 190 valence electrons. The van der Waals surface area contributed by atoms with Crippen LogP contribution in [0.25, 0.3) is 5.57 Å². The first-order valence-electron chi connectivity index (χ1n) is 12.7. The Morgan fingerprint density at radius 1 is 0.838 bits per heavy atom. The molecular formula is C33H34O4. The van der Waals surface area contributed by atoms with Crippen molar-refractivity contribution >= 4 is 17.5 Å². The van der Waals surface area contributed by atoms with Crippen molar-refractivity contribution < 1.29 is 19.1 Å². The maximum absolute atomic E-state index is 13.6. The van der Waals surface area contributed by atoms with Gasteiger partial charge in [0.05, 0.1) is 0 Å². The standard InChI is InChI=1S/C33H34O4/c1-23-15-17-29(18-16-23)25(3)26(4)30-20-33(19-24(30)2,31(34)36-21-27-11-7-5-8-12-27)32(35)37-22-28-13-9-6-10-14-28/h5-18,24H,3,19-22H2,1-2,4H3/b30-26+. The van der Waals surface area contributed by atoms with E-state index in [4.69, 9.17) is 9.47 Å². The van der Waals surface area contributed by atoms with Gasteiger partial charge in [0.2, 0.25) is 0 Å². The van der Waals surface area contributed by atoms with Crippen molar-refractivity contribution in [3.8, 4) is 0 Å². The van der Waals surface area contributed by atoms with Crippen molar-refractivity contribution in [1.29, 1.82) is 0 Å². The van der Waals surface area contributed by atoms with Crippen molar-refractivity contribution in [3.63, 3.8) is 0 Å². The average Bonchev–Trinajstić information content (AvgIpc) is 3.29. The molecule has 1 atom stereocenters. The van der Waals surface area contributed by atoms with Crippen molar-refractivity contribution in [2.45, 2.75) is 46.8 Å². The molecule has 0 amide bonds. The molecule has 0 spiro atoms. The van der Waals surface area contributed by atoms with Crippen LogP contribution in [0.5, 0.6) is 0 Å². The minimum absolute atomic E-state index is 0.00394. The Kier molecular flexibility index (Phi) is 8.08. The lowest BCUT2D eigenvalue weighted by Crippen LogP contribution is -2.40. The summed E-state index contributed by atoms with van der Waals surface area (Å²) >= 11 is 0. The molecule has 1 unspecified atom stereocenters. The van der Waals surface area contributed by atoms with Crippen LogP contribution < -0.4 is 0 Å². The second-order valence-electron chi connectivity index (χ2n) is 9.98. The first-order chi connectivity index (χ1) is 17.8. The third-order valence-corrected chi connectivity index (χ3v) is 7.28. The first kappa shape index (κ1) is 26.2. The van der Waals surface area contributed by atoms with Crippen molar-refractivity contribution in [2.24, 2.45) is 11.3 Å². The Morgan fingerprint density at radius 3 is 1.81 bits per heavy atom. The summed E-state index contributed by atoms with van der Waals surface area (Å²) in [6.07, 6.45) is 0.591. The molecule has 0 aliphatic heterocycles. The van der Waals surface area contributed by atoms with Gasteiger partial charge in [0.1, 0.15) is 13.2 Å². The van der Waals surface area contributed by atoms with Gasteiger partial charge in [-0.25, -0.2) is 0 Å². The third kappa shape index (κ3) is 5.91. The van der Waals surface area contributed by atoms with Gasteiger partial charge in [0.25, 0.3) is 0 Å². The highest BCUT2D eigenvalue weighted by molar-refractivity contribution is 6.01. The molecule has 1 aliphatic carbocycles. The molecule has 4 rings (SSSR count). The highest BCUT2D eigenvalue weighted by atomic mass is 16.6. The van der Waals surface area contributed by atoms with Gasteiger partial charge in [-0.2, -0.15) is 0 Å². The molecule has 4 nitrogen and oxygen atoms in total. The Hall–Kier alpha value is -3.92.